The zero-order valence-electron chi connectivity index (χ0n) is 12.1. The maximum atomic E-state index is 11.3. The SMILES string of the molecule is COC(=O)CCc1ccc(OC(C)C)c2ncccc12. The zero-order valence-corrected chi connectivity index (χ0v) is 12.1. The first-order valence-corrected chi connectivity index (χ1v) is 6.72. The third-order valence-electron chi connectivity index (χ3n) is 3.01. The van der Waals surface area contributed by atoms with E-state index in [9.17, 15) is 4.79 Å². The normalized spacial score (nSPS) is 10.8. The fraction of sp³-hybridized carbons (Fsp3) is 0.375. The summed E-state index contributed by atoms with van der Waals surface area (Å²) in [7, 11) is 1.40. The third-order valence-corrected chi connectivity index (χ3v) is 3.01. The largest absolute Gasteiger partial charge is 0.489 e. The number of benzene rings is 1. The Labute approximate surface area is 118 Å². The highest BCUT2D eigenvalue weighted by molar-refractivity contribution is 5.87. The number of carbonyl (C=O) groups excluding carboxylic acids is 1. The number of aromatic nitrogens is 1. The number of nitrogens with zero attached hydrogens (tertiary/aromatic N) is 1. The van der Waals surface area contributed by atoms with Crippen LogP contribution in [0.2, 0.25) is 0 Å². The molecule has 1 aromatic carbocycles. The van der Waals surface area contributed by atoms with Gasteiger partial charge in [-0.15, -0.1) is 0 Å². The highest BCUT2D eigenvalue weighted by atomic mass is 16.5. The van der Waals surface area contributed by atoms with Crippen molar-refractivity contribution in [3.05, 3.63) is 36.0 Å². The Kier molecular flexibility index (Phi) is 4.56. The van der Waals surface area contributed by atoms with Crippen LogP contribution in [0.15, 0.2) is 30.5 Å². The van der Waals surface area contributed by atoms with Crippen molar-refractivity contribution in [2.75, 3.05) is 7.11 Å². The van der Waals surface area contributed by atoms with E-state index in [1.165, 1.54) is 7.11 Å². The Morgan fingerprint density at radius 1 is 1.30 bits per heavy atom. The van der Waals surface area contributed by atoms with Crippen molar-refractivity contribution < 1.29 is 14.3 Å². The van der Waals surface area contributed by atoms with Gasteiger partial charge in [-0.2, -0.15) is 0 Å². The minimum atomic E-state index is -0.204. The number of rotatable bonds is 5. The lowest BCUT2D eigenvalue weighted by atomic mass is 10.0. The van der Waals surface area contributed by atoms with Crippen LogP contribution >= 0.6 is 0 Å². The van der Waals surface area contributed by atoms with Crippen LogP contribution in [0, 0.1) is 0 Å². The number of carbonyl (C=O) groups is 1. The molecule has 1 heterocycles. The van der Waals surface area contributed by atoms with Gasteiger partial charge in [0.2, 0.25) is 0 Å². The first-order chi connectivity index (χ1) is 9.61. The average Bonchev–Trinajstić information content (AvgIpc) is 2.45. The molecule has 0 unspecified atom stereocenters. The van der Waals surface area contributed by atoms with Crippen molar-refractivity contribution >= 4 is 16.9 Å². The van der Waals surface area contributed by atoms with Crippen LogP contribution in [-0.4, -0.2) is 24.2 Å². The summed E-state index contributed by atoms with van der Waals surface area (Å²) in [5.74, 6) is 0.571. The number of methoxy groups -OCH3 is 1. The number of hydrogen-bond acceptors (Lipinski definition) is 4. The van der Waals surface area contributed by atoms with Gasteiger partial charge in [-0.25, -0.2) is 0 Å². The molecule has 0 N–H and O–H groups in total. The van der Waals surface area contributed by atoms with E-state index in [0.717, 1.165) is 22.2 Å². The minimum absolute atomic E-state index is 0.0983. The molecule has 0 atom stereocenters. The molecule has 106 valence electrons. The van der Waals surface area contributed by atoms with E-state index < -0.39 is 0 Å². The summed E-state index contributed by atoms with van der Waals surface area (Å²) in [6.07, 6.45) is 2.85. The molecule has 0 aliphatic heterocycles. The lowest BCUT2D eigenvalue weighted by Crippen LogP contribution is -2.07. The highest BCUT2D eigenvalue weighted by Gasteiger charge is 2.10. The molecule has 20 heavy (non-hydrogen) atoms. The second kappa shape index (κ2) is 6.37. The number of ether oxygens (including phenoxy) is 2. The van der Waals surface area contributed by atoms with Gasteiger partial charge in [0.05, 0.1) is 13.2 Å². The van der Waals surface area contributed by atoms with Crippen molar-refractivity contribution in [3.63, 3.8) is 0 Å². The molecule has 0 saturated carbocycles. The standard InChI is InChI=1S/C16H19NO3/c1-11(2)20-14-8-6-12(7-9-15(18)19-3)13-5-4-10-17-16(13)14/h4-6,8,10-11H,7,9H2,1-3H3. The van der Waals surface area contributed by atoms with Gasteiger partial charge in [0.25, 0.3) is 0 Å². The van der Waals surface area contributed by atoms with Gasteiger partial charge in [-0.3, -0.25) is 9.78 Å². The molecule has 1 aromatic heterocycles. The summed E-state index contributed by atoms with van der Waals surface area (Å²) < 4.78 is 10.5. The molecule has 0 aliphatic carbocycles. The van der Waals surface area contributed by atoms with E-state index in [1.54, 1.807) is 6.20 Å². The van der Waals surface area contributed by atoms with Crippen molar-refractivity contribution in [1.29, 1.82) is 0 Å². The Morgan fingerprint density at radius 3 is 2.80 bits per heavy atom. The van der Waals surface area contributed by atoms with Crippen LogP contribution < -0.4 is 4.74 Å². The van der Waals surface area contributed by atoms with Crippen LogP contribution in [-0.2, 0) is 16.0 Å². The highest BCUT2D eigenvalue weighted by Crippen LogP contribution is 2.28. The van der Waals surface area contributed by atoms with Crippen LogP contribution in [0.3, 0.4) is 0 Å². The van der Waals surface area contributed by atoms with E-state index in [1.807, 2.05) is 38.1 Å². The van der Waals surface area contributed by atoms with Gasteiger partial charge in [0.1, 0.15) is 11.3 Å². The van der Waals surface area contributed by atoms with E-state index in [-0.39, 0.29) is 12.1 Å². The van der Waals surface area contributed by atoms with Crippen molar-refractivity contribution in [2.45, 2.75) is 32.8 Å². The predicted molar refractivity (Wildman–Crippen MR) is 77.8 cm³/mol. The second-order valence-corrected chi connectivity index (χ2v) is 4.87. The topological polar surface area (TPSA) is 48.4 Å². The molecule has 0 fully saturated rings. The van der Waals surface area contributed by atoms with E-state index >= 15 is 0 Å². The molecular weight excluding hydrogens is 254 g/mol. The van der Waals surface area contributed by atoms with Crippen molar-refractivity contribution in [1.82, 2.24) is 4.98 Å². The van der Waals surface area contributed by atoms with Gasteiger partial charge in [0.15, 0.2) is 0 Å². The van der Waals surface area contributed by atoms with E-state index in [0.29, 0.717) is 12.8 Å². The summed E-state index contributed by atoms with van der Waals surface area (Å²) in [6.45, 7) is 3.97. The van der Waals surface area contributed by atoms with Crippen LogP contribution in [0.4, 0.5) is 0 Å². The average molecular weight is 273 g/mol. The monoisotopic (exact) mass is 273 g/mol. The molecule has 2 aromatic rings. The summed E-state index contributed by atoms with van der Waals surface area (Å²) in [6, 6.07) is 7.80. The Morgan fingerprint density at radius 2 is 2.10 bits per heavy atom. The second-order valence-electron chi connectivity index (χ2n) is 4.87. The van der Waals surface area contributed by atoms with E-state index in [2.05, 4.69) is 9.72 Å². The first-order valence-electron chi connectivity index (χ1n) is 6.72. The molecule has 0 bridgehead atoms. The van der Waals surface area contributed by atoms with Gasteiger partial charge < -0.3 is 9.47 Å². The third kappa shape index (κ3) is 3.26. The lowest BCUT2D eigenvalue weighted by molar-refractivity contribution is -0.140. The number of esters is 1. The smallest absolute Gasteiger partial charge is 0.305 e. The van der Waals surface area contributed by atoms with Gasteiger partial charge in [-0.1, -0.05) is 12.1 Å². The molecule has 0 saturated heterocycles. The maximum absolute atomic E-state index is 11.3. The molecule has 0 radical (unpaired) electrons. The predicted octanol–water partition coefficient (Wildman–Crippen LogP) is 3.13. The van der Waals surface area contributed by atoms with Crippen LogP contribution in [0.1, 0.15) is 25.8 Å². The lowest BCUT2D eigenvalue weighted by Gasteiger charge is -2.13. The molecule has 0 spiro atoms. The Hall–Kier alpha value is -2.10. The first kappa shape index (κ1) is 14.3. The fourth-order valence-corrected chi connectivity index (χ4v) is 2.11. The molecule has 0 aliphatic rings. The number of pyridine rings is 1. The molecule has 4 heteroatoms. The summed E-state index contributed by atoms with van der Waals surface area (Å²) in [5.41, 5.74) is 1.91. The van der Waals surface area contributed by atoms with E-state index in [4.69, 9.17) is 4.74 Å². The van der Waals surface area contributed by atoms with Gasteiger partial charge in [0, 0.05) is 18.0 Å². The number of aryl methyl sites for hydroxylation is 1. The summed E-state index contributed by atoms with van der Waals surface area (Å²) in [5, 5.41) is 1.02. The molecule has 4 nitrogen and oxygen atoms in total. The number of hydrogen-bond donors (Lipinski definition) is 0. The molecule has 2 rings (SSSR count). The Balaban J connectivity index is 2.35. The van der Waals surface area contributed by atoms with Crippen LogP contribution in [0.5, 0.6) is 5.75 Å². The van der Waals surface area contributed by atoms with Gasteiger partial charge in [-0.05, 0) is 38.0 Å². The summed E-state index contributed by atoms with van der Waals surface area (Å²) in [4.78, 5) is 15.7. The van der Waals surface area contributed by atoms with Crippen molar-refractivity contribution in [3.8, 4) is 5.75 Å². The van der Waals surface area contributed by atoms with Crippen LogP contribution in [0.25, 0.3) is 10.9 Å². The Bertz CT molecular complexity index is 608. The maximum Gasteiger partial charge on any atom is 0.305 e. The van der Waals surface area contributed by atoms with Gasteiger partial charge >= 0.3 is 5.97 Å². The minimum Gasteiger partial charge on any atom is -0.489 e. The fourth-order valence-electron chi connectivity index (χ4n) is 2.11. The number of fused-ring (bicyclic) bond motifs is 1. The molecular formula is C16H19NO3. The summed E-state index contributed by atoms with van der Waals surface area (Å²) >= 11 is 0. The van der Waals surface area contributed by atoms with Crippen molar-refractivity contribution in [2.24, 2.45) is 0 Å². The zero-order chi connectivity index (χ0) is 14.5. The quantitative estimate of drug-likeness (QED) is 0.785. The molecule has 0 amide bonds.